The summed E-state index contributed by atoms with van der Waals surface area (Å²) >= 11 is 1.58. The molecular weight excluding hydrogens is 308 g/mol. The fourth-order valence-electron chi connectivity index (χ4n) is 5.21. The summed E-state index contributed by atoms with van der Waals surface area (Å²) in [5.41, 5.74) is 5.65. The van der Waals surface area contributed by atoms with Gasteiger partial charge in [-0.25, -0.2) is 4.98 Å². The maximum atomic E-state index is 10.9. The third kappa shape index (κ3) is 1.40. The van der Waals surface area contributed by atoms with Gasteiger partial charge in [0.05, 0.1) is 21.4 Å². The Labute approximate surface area is 137 Å². The van der Waals surface area contributed by atoms with Crippen LogP contribution in [0.5, 0.6) is 11.8 Å². The van der Waals surface area contributed by atoms with E-state index in [0.717, 1.165) is 51.7 Å². The Morgan fingerprint density at radius 2 is 1.74 bits per heavy atom. The molecule has 0 radical (unpaired) electrons. The first kappa shape index (κ1) is 12.4. The van der Waals surface area contributed by atoms with E-state index in [2.05, 4.69) is 4.98 Å². The number of thiazole rings is 1. The van der Waals surface area contributed by atoms with Gasteiger partial charge < -0.3 is 10.2 Å². The Kier molecular flexibility index (Phi) is 2.11. The van der Waals surface area contributed by atoms with Gasteiger partial charge in [-0.3, -0.25) is 4.57 Å². The highest BCUT2D eigenvalue weighted by molar-refractivity contribution is 7.16. The maximum absolute atomic E-state index is 10.9. The first-order valence-electron chi connectivity index (χ1n) is 8.24. The number of hydrogen-bond acceptors (Lipinski definition) is 4. The van der Waals surface area contributed by atoms with Crippen LogP contribution in [-0.4, -0.2) is 19.8 Å². The molecule has 0 amide bonds. The molecule has 4 atom stereocenters. The van der Waals surface area contributed by atoms with Crippen molar-refractivity contribution >= 4 is 21.6 Å². The minimum Gasteiger partial charge on any atom is -0.494 e. The molecule has 23 heavy (non-hydrogen) atoms. The minimum absolute atomic E-state index is 0.251. The molecule has 1 aromatic carbocycles. The SMILES string of the molecule is Oc1c2c(c(O)n1-c1ccc3ncsc3c1)[C@@H]1CC[C@H]2[C@H]2C[C@H]21. The number of aromatic hydroxyl groups is 2. The van der Waals surface area contributed by atoms with Crippen LogP contribution in [0.25, 0.3) is 15.9 Å². The molecule has 2 N–H and O–H groups in total. The monoisotopic (exact) mass is 324 g/mol. The molecule has 2 aromatic heterocycles. The normalized spacial score (nSPS) is 30.4. The molecule has 0 saturated heterocycles. The second kappa shape index (κ2) is 3.90. The van der Waals surface area contributed by atoms with Crippen molar-refractivity contribution < 1.29 is 10.2 Å². The lowest BCUT2D eigenvalue weighted by molar-refractivity contribution is 0.322. The third-order valence-corrected chi connectivity index (χ3v) is 7.02. The Bertz CT molecular complexity index is 933. The van der Waals surface area contributed by atoms with E-state index < -0.39 is 0 Å². The van der Waals surface area contributed by atoms with E-state index in [1.807, 2.05) is 23.7 Å². The van der Waals surface area contributed by atoms with E-state index in [1.165, 1.54) is 6.42 Å². The Balaban J connectivity index is 1.61. The van der Waals surface area contributed by atoms with E-state index in [1.54, 1.807) is 15.9 Å². The summed E-state index contributed by atoms with van der Waals surface area (Å²) in [4.78, 5) is 4.30. The van der Waals surface area contributed by atoms with Gasteiger partial charge in [0.15, 0.2) is 0 Å². The van der Waals surface area contributed by atoms with E-state index in [4.69, 9.17) is 0 Å². The standard InChI is InChI=1S/C18H16N2O2S/c21-17-15-9-2-3-10(12-6-11(9)12)16(15)18(22)20(17)8-1-4-13-14(5-8)23-7-19-13/h1,4-5,7,9-12,21-22H,2-3,6H2/t9-,10+,11+,12-. The van der Waals surface area contributed by atoms with Crippen molar-refractivity contribution in [2.24, 2.45) is 11.8 Å². The first-order chi connectivity index (χ1) is 11.2. The summed E-state index contributed by atoms with van der Waals surface area (Å²) in [6.45, 7) is 0. The number of benzene rings is 1. The van der Waals surface area contributed by atoms with E-state index in [0.29, 0.717) is 11.8 Å². The van der Waals surface area contributed by atoms with Crippen LogP contribution in [0.2, 0.25) is 0 Å². The molecule has 5 heteroatoms. The Morgan fingerprint density at radius 1 is 1.04 bits per heavy atom. The van der Waals surface area contributed by atoms with Gasteiger partial charge in [0, 0.05) is 11.1 Å². The van der Waals surface area contributed by atoms with Crippen molar-refractivity contribution in [2.75, 3.05) is 0 Å². The molecule has 2 heterocycles. The molecule has 4 aliphatic rings. The first-order valence-corrected chi connectivity index (χ1v) is 9.12. The number of rotatable bonds is 1. The number of nitrogens with zero attached hydrogens (tertiary/aromatic N) is 2. The maximum Gasteiger partial charge on any atom is 0.202 e. The van der Waals surface area contributed by atoms with Crippen molar-refractivity contribution in [2.45, 2.75) is 31.1 Å². The van der Waals surface area contributed by atoms with Crippen LogP contribution in [0.1, 0.15) is 42.2 Å². The summed E-state index contributed by atoms with van der Waals surface area (Å²) in [6, 6.07) is 5.88. The van der Waals surface area contributed by atoms with Crippen LogP contribution in [0.15, 0.2) is 23.7 Å². The van der Waals surface area contributed by atoms with Gasteiger partial charge in [0.1, 0.15) is 0 Å². The zero-order chi connectivity index (χ0) is 15.3. The highest BCUT2D eigenvalue weighted by Gasteiger charge is 2.58. The molecule has 2 fully saturated rings. The second-order valence-corrected chi connectivity index (χ2v) is 8.05. The van der Waals surface area contributed by atoms with Crippen molar-refractivity contribution in [1.82, 2.24) is 9.55 Å². The van der Waals surface area contributed by atoms with Gasteiger partial charge in [-0.2, -0.15) is 0 Å². The average molecular weight is 324 g/mol. The summed E-state index contributed by atoms with van der Waals surface area (Å²) in [7, 11) is 0. The van der Waals surface area contributed by atoms with Crippen LogP contribution in [-0.2, 0) is 0 Å². The summed E-state index contributed by atoms with van der Waals surface area (Å²) in [6.07, 6.45) is 3.59. The Hall–Kier alpha value is -2.01. The predicted molar refractivity (Wildman–Crippen MR) is 88.6 cm³/mol. The van der Waals surface area contributed by atoms with Gasteiger partial charge >= 0.3 is 0 Å². The van der Waals surface area contributed by atoms with Gasteiger partial charge in [0.2, 0.25) is 11.8 Å². The zero-order valence-corrected chi connectivity index (χ0v) is 13.3. The van der Waals surface area contributed by atoms with E-state index in [-0.39, 0.29) is 11.8 Å². The average Bonchev–Trinajstić information content (AvgIpc) is 3.20. The van der Waals surface area contributed by atoms with Crippen molar-refractivity contribution in [3.8, 4) is 17.4 Å². The predicted octanol–water partition coefficient (Wildman–Crippen LogP) is 4.11. The molecule has 7 rings (SSSR count). The Morgan fingerprint density at radius 3 is 2.43 bits per heavy atom. The molecule has 0 aliphatic heterocycles. The summed E-state index contributed by atoms with van der Waals surface area (Å²) in [5.74, 6) is 2.87. The van der Waals surface area contributed by atoms with Gasteiger partial charge in [-0.1, -0.05) is 0 Å². The van der Waals surface area contributed by atoms with Crippen LogP contribution in [0.4, 0.5) is 0 Å². The highest BCUT2D eigenvalue weighted by Crippen LogP contribution is 2.70. The van der Waals surface area contributed by atoms with Crippen molar-refractivity contribution in [3.63, 3.8) is 0 Å². The van der Waals surface area contributed by atoms with Crippen LogP contribution in [0, 0.1) is 11.8 Å². The molecule has 2 bridgehead atoms. The molecule has 0 spiro atoms. The number of hydrogen-bond donors (Lipinski definition) is 2. The zero-order valence-electron chi connectivity index (χ0n) is 12.4. The quantitative estimate of drug-likeness (QED) is 0.708. The molecule has 4 aliphatic carbocycles. The lowest BCUT2D eigenvalue weighted by Gasteiger charge is -2.35. The van der Waals surface area contributed by atoms with Crippen LogP contribution < -0.4 is 0 Å². The molecule has 0 unspecified atom stereocenters. The second-order valence-electron chi connectivity index (χ2n) is 7.17. The summed E-state index contributed by atoms with van der Waals surface area (Å²) < 4.78 is 2.71. The fourth-order valence-corrected chi connectivity index (χ4v) is 5.92. The van der Waals surface area contributed by atoms with Crippen molar-refractivity contribution in [1.29, 1.82) is 0 Å². The largest absolute Gasteiger partial charge is 0.494 e. The molecule has 4 nitrogen and oxygen atoms in total. The summed E-state index contributed by atoms with van der Waals surface area (Å²) in [5, 5.41) is 21.8. The topological polar surface area (TPSA) is 58.3 Å². The van der Waals surface area contributed by atoms with Crippen LogP contribution in [0.3, 0.4) is 0 Å². The lowest BCUT2D eigenvalue weighted by Crippen LogP contribution is -2.22. The molecule has 116 valence electrons. The van der Waals surface area contributed by atoms with E-state index >= 15 is 0 Å². The molecule has 3 aromatic rings. The lowest BCUT2D eigenvalue weighted by atomic mass is 9.68. The van der Waals surface area contributed by atoms with Crippen molar-refractivity contribution in [3.05, 3.63) is 34.8 Å². The minimum atomic E-state index is 0.251. The third-order valence-electron chi connectivity index (χ3n) is 6.22. The van der Waals surface area contributed by atoms with Gasteiger partial charge in [-0.05, 0) is 61.1 Å². The highest BCUT2D eigenvalue weighted by atomic mass is 32.1. The van der Waals surface area contributed by atoms with E-state index in [9.17, 15) is 10.2 Å². The number of fused-ring (bicyclic) bond motifs is 2. The number of aromatic nitrogens is 2. The molecule has 2 saturated carbocycles. The van der Waals surface area contributed by atoms with Gasteiger partial charge in [0.25, 0.3) is 0 Å². The fraction of sp³-hybridized carbons (Fsp3) is 0.389. The smallest absolute Gasteiger partial charge is 0.202 e. The van der Waals surface area contributed by atoms with Gasteiger partial charge in [-0.15, -0.1) is 11.3 Å². The molecular formula is C18H16N2O2S. The van der Waals surface area contributed by atoms with Crippen LogP contribution >= 0.6 is 11.3 Å².